The molecule has 3 aromatic rings. The highest BCUT2D eigenvalue weighted by molar-refractivity contribution is 9.10. The largest absolute Gasteiger partial charge is 0.462 e. The maximum absolute atomic E-state index is 12.6. The van der Waals surface area contributed by atoms with Crippen molar-refractivity contribution in [3.8, 4) is 11.3 Å². The van der Waals surface area contributed by atoms with Crippen LogP contribution in [0, 0.1) is 13.8 Å². The Bertz CT molecular complexity index is 965. The van der Waals surface area contributed by atoms with Crippen LogP contribution in [0.25, 0.3) is 11.3 Å². The zero-order valence-electron chi connectivity index (χ0n) is 15.8. The SMILES string of the molecule is CCOC(=O)c1c(C)cc(Cc2ccc(C)cc2)nc1-c1ccccc1Br. The number of hydrogen-bond donors (Lipinski definition) is 0. The number of benzene rings is 2. The monoisotopic (exact) mass is 423 g/mol. The van der Waals surface area contributed by atoms with Gasteiger partial charge in [-0.3, -0.25) is 4.98 Å². The number of carbonyl (C=O) groups excluding carboxylic acids is 1. The molecule has 3 nitrogen and oxygen atoms in total. The van der Waals surface area contributed by atoms with Crippen molar-refractivity contribution in [1.29, 1.82) is 0 Å². The number of carbonyl (C=O) groups is 1. The quantitative estimate of drug-likeness (QED) is 0.479. The lowest BCUT2D eigenvalue weighted by molar-refractivity contribution is 0.0526. The Kier molecular flexibility index (Phi) is 6.07. The summed E-state index contributed by atoms with van der Waals surface area (Å²) in [5.41, 5.74) is 6.28. The molecule has 0 N–H and O–H groups in total. The number of esters is 1. The molecule has 4 heteroatoms. The maximum Gasteiger partial charge on any atom is 0.340 e. The molecule has 0 unspecified atom stereocenters. The van der Waals surface area contributed by atoms with E-state index in [1.807, 2.05) is 44.2 Å². The van der Waals surface area contributed by atoms with E-state index in [1.54, 1.807) is 0 Å². The van der Waals surface area contributed by atoms with Gasteiger partial charge in [0.2, 0.25) is 0 Å². The molecular formula is C23H22BrNO2. The van der Waals surface area contributed by atoms with Gasteiger partial charge in [-0.1, -0.05) is 64.0 Å². The molecule has 0 fully saturated rings. The van der Waals surface area contributed by atoms with E-state index in [0.717, 1.165) is 21.3 Å². The molecule has 0 aliphatic heterocycles. The number of halogens is 1. The Hall–Kier alpha value is -2.46. The smallest absolute Gasteiger partial charge is 0.340 e. The van der Waals surface area contributed by atoms with E-state index in [2.05, 4.69) is 47.1 Å². The van der Waals surface area contributed by atoms with Gasteiger partial charge in [0.25, 0.3) is 0 Å². The van der Waals surface area contributed by atoms with Crippen LogP contribution in [0.15, 0.2) is 59.1 Å². The van der Waals surface area contributed by atoms with Crippen LogP contribution in [0.4, 0.5) is 0 Å². The van der Waals surface area contributed by atoms with Crippen LogP contribution in [-0.2, 0) is 11.2 Å². The fraction of sp³-hybridized carbons (Fsp3) is 0.217. The van der Waals surface area contributed by atoms with Crippen molar-refractivity contribution in [3.05, 3.63) is 87.0 Å². The average Bonchev–Trinajstić information content (AvgIpc) is 2.64. The van der Waals surface area contributed by atoms with Crippen molar-refractivity contribution in [2.75, 3.05) is 6.61 Å². The molecule has 2 aromatic carbocycles. The van der Waals surface area contributed by atoms with E-state index in [1.165, 1.54) is 11.1 Å². The Morgan fingerprint density at radius 1 is 1.07 bits per heavy atom. The molecule has 1 aromatic heterocycles. The highest BCUT2D eigenvalue weighted by Crippen LogP contribution is 2.32. The molecule has 0 radical (unpaired) electrons. The zero-order valence-corrected chi connectivity index (χ0v) is 17.3. The van der Waals surface area contributed by atoms with Gasteiger partial charge in [0.05, 0.1) is 17.9 Å². The summed E-state index contributed by atoms with van der Waals surface area (Å²) in [6, 6.07) is 18.2. The lowest BCUT2D eigenvalue weighted by Gasteiger charge is -2.15. The topological polar surface area (TPSA) is 39.2 Å². The van der Waals surface area contributed by atoms with Crippen LogP contribution in [-0.4, -0.2) is 17.6 Å². The van der Waals surface area contributed by atoms with Crippen LogP contribution in [0.2, 0.25) is 0 Å². The summed E-state index contributed by atoms with van der Waals surface area (Å²) >= 11 is 3.59. The third-order valence-electron chi connectivity index (χ3n) is 4.38. The first-order valence-corrected chi connectivity index (χ1v) is 9.77. The minimum Gasteiger partial charge on any atom is -0.462 e. The summed E-state index contributed by atoms with van der Waals surface area (Å²) < 4.78 is 6.19. The van der Waals surface area contributed by atoms with E-state index in [0.29, 0.717) is 24.3 Å². The number of hydrogen-bond acceptors (Lipinski definition) is 3. The van der Waals surface area contributed by atoms with Gasteiger partial charge in [-0.15, -0.1) is 0 Å². The summed E-state index contributed by atoms with van der Waals surface area (Å²) in [6.45, 7) is 6.15. The number of ether oxygens (including phenoxy) is 1. The van der Waals surface area contributed by atoms with Gasteiger partial charge in [-0.2, -0.15) is 0 Å². The Morgan fingerprint density at radius 3 is 2.44 bits per heavy atom. The highest BCUT2D eigenvalue weighted by atomic mass is 79.9. The van der Waals surface area contributed by atoms with E-state index in [9.17, 15) is 4.79 Å². The first-order valence-electron chi connectivity index (χ1n) is 8.97. The summed E-state index contributed by atoms with van der Waals surface area (Å²) in [4.78, 5) is 17.5. The molecule has 1 heterocycles. The maximum atomic E-state index is 12.6. The third kappa shape index (κ3) is 4.45. The van der Waals surface area contributed by atoms with Gasteiger partial charge in [-0.05, 0) is 44.0 Å². The standard InChI is InChI=1S/C23H22BrNO2/c1-4-27-23(26)21-16(3)13-18(14-17-11-9-15(2)10-12-17)25-22(21)19-7-5-6-8-20(19)24/h5-13H,4,14H2,1-3H3. The fourth-order valence-corrected chi connectivity index (χ4v) is 3.53. The van der Waals surface area contributed by atoms with E-state index in [4.69, 9.17) is 9.72 Å². The Labute approximate surface area is 168 Å². The predicted octanol–water partition coefficient (Wildman–Crippen LogP) is 5.90. The van der Waals surface area contributed by atoms with Crippen molar-refractivity contribution in [2.24, 2.45) is 0 Å². The fourth-order valence-electron chi connectivity index (χ4n) is 3.06. The Balaban J connectivity index is 2.11. The molecule has 3 rings (SSSR count). The van der Waals surface area contributed by atoms with E-state index < -0.39 is 0 Å². The summed E-state index contributed by atoms with van der Waals surface area (Å²) in [5, 5.41) is 0. The van der Waals surface area contributed by atoms with E-state index >= 15 is 0 Å². The molecule has 0 saturated heterocycles. The number of pyridine rings is 1. The van der Waals surface area contributed by atoms with Crippen molar-refractivity contribution >= 4 is 21.9 Å². The van der Waals surface area contributed by atoms with Gasteiger partial charge >= 0.3 is 5.97 Å². The van der Waals surface area contributed by atoms with E-state index in [-0.39, 0.29) is 5.97 Å². The second-order valence-electron chi connectivity index (χ2n) is 6.52. The minimum absolute atomic E-state index is 0.332. The minimum atomic E-state index is -0.338. The van der Waals surface area contributed by atoms with Crippen molar-refractivity contribution in [3.63, 3.8) is 0 Å². The van der Waals surface area contributed by atoms with Crippen LogP contribution in [0.5, 0.6) is 0 Å². The van der Waals surface area contributed by atoms with Gasteiger partial charge in [0.15, 0.2) is 0 Å². The molecular weight excluding hydrogens is 402 g/mol. The van der Waals surface area contributed by atoms with Crippen molar-refractivity contribution < 1.29 is 9.53 Å². The second-order valence-corrected chi connectivity index (χ2v) is 7.37. The van der Waals surface area contributed by atoms with Crippen LogP contribution in [0.1, 0.15) is 39.7 Å². The molecule has 138 valence electrons. The predicted molar refractivity (Wildman–Crippen MR) is 112 cm³/mol. The van der Waals surface area contributed by atoms with Gasteiger partial charge < -0.3 is 4.74 Å². The van der Waals surface area contributed by atoms with Gasteiger partial charge in [0.1, 0.15) is 0 Å². The van der Waals surface area contributed by atoms with Crippen LogP contribution < -0.4 is 0 Å². The molecule has 0 bridgehead atoms. The number of nitrogens with zero attached hydrogens (tertiary/aromatic N) is 1. The number of rotatable bonds is 5. The Morgan fingerprint density at radius 2 is 1.78 bits per heavy atom. The number of aryl methyl sites for hydroxylation is 2. The van der Waals surface area contributed by atoms with Crippen molar-refractivity contribution in [2.45, 2.75) is 27.2 Å². The van der Waals surface area contributed by atoms with Gasteiger partial charge in [-0.25, -0.2) is 4.79 Å². The third-order valence-corrected chi connectivity index (χ3v) is 5.08. The molecule has 27 heavy (non-hydrogen) atoms. The zero-order chi connectivity index (χ0) is 19.4. The molecule has 0 saturated carbocycles. The molecule has 0 aliphatic rings. The molecule has 0 atom stereocenters. The average molecular weight is 424 g/mol. The first-order chi connectivity index (χ1) is 13.0. The molecule has 0 spiro atoms. The van der Waals surface area contributed by atoms with Gasteiger partial charge in [0, 0.05) is 22.2 Å². The summed E-state index contributed by atoms with van der Waals surface area (Å²) in [7, 11) is 0. The second kappa shape index (κ2) is 8.49. The number of aromatic nitrogens is 1. The molecule has 0 amide bonds. The lowest BCUT2D eigenvalue weighted by Crippen LogP contribution is -2.11. The van der Waals surface area contributed by atoms with Crippen molar-refractivity contribution in [1.82, 2.24) is 4.98 Å². The summed E-state index contributed by atoms with van der Waals surface area (Å²) in [6.07, 6.45) is 0.710. The molecule has 0 aliphatic carbocycles. The first kappa shape index (κ1) is 19.3. The highest BCUT2D eigenvalue weighted by Gasteiger charge is 2.21. The van der Waals surface area contributed by atoms with Crippen LogP contribution in [0.3, 0.4) is 0 Å². The lowest BCUT2D eigenvalue weighted by atomic mass is 9.98. The normalized spacial score (nSPS) is 10.7. The van der Waals surface area contributed by atoms with Crippen LogP contribution >= 0.6 is 15.9 Å². The summed E-state index contributed by atoms with van der Waals surface area (Å²) in [5.74, 6) is -0.338.